The minimum Gasteiger partial charge on any atom is -0.483 e. The summed E-state index contributed by atoms with van der Waals surface area (Å²) < 4.78 is 6.34. The van der Waals surface area contributed by atoms with Crippen LogP contribution in [0.2, 0.25) is 5.02 Å². The molecule has 0 atom stereocenters. The minimum atomic E-state index is -0.312. The average molecular weight is 397 g/mol. The summed E-state index contributed by atoms with van der Waals surface area (Å²) in [4.78, 5) is 23.9. The van der Waals surface area contributed by atoms with Crippen LogP contribution in [0.1, 0.15) is 23.7 Å². The number of anilines is 1. The van der Waals surface area contributed by atoms with Crippen LogP contribution in [0.3, 0.4) is 0 Å². The molecule has 1 amide bonds. The van der Waals surface area contributed by atoms with Crippen LogP contribution in [0.25, 0.3) is 0 Å². The molecular weight excluding hydrogens is 382 g/mol. The van der Waals surface area contributed by atoms with E-state index in [2.05, 4.69) is 21.2 Å². The largest absolute Gasteiger partial charge is 0.483 e. The molecule has 1 N–H and O–H groups in total. The Morgan fingerprint density at radius 3 is 2.70 bits per heavy atom. The van der Waals surface area contributed by atoms with E-state index in [1.807, 2.05) is 12.1 Å². The topological polar surface area (TPSA) is 55.4 Å². The molecule has 23 heavy (non-hydrogen) atoms. The second kappa shape index (κ2) is 8.13. The van der Waals surface area contributed by atoms with Gasteiger partial charge in [-0.1, -0.05) is 40.5 Å². The molecule has 0 aliphatic rings. The third-order valence-electron chi connectivity index (χ3n) is 3.03. The molecular formula is C17H15BrClNO3. The zero-order valence-corrected chi connectivity index (χ0v) is 14.8. The molecule has 0 fully saturated rings. The summed E-state index contributed by atoms with van der Waals surface area (Å²) in [6.07, 6.45) is 0.334. The Morgan fingerprint density at radius 2 is 2.00 bits per heavy atom. The first-order valence-corrected chi connectivity index (χ1v) is 8.17. The lowest BCUT2D eigenvalue weighted by Crippen LogP contribution is -2.20. The second-order valence-corrected chi connectivity index (χ2v) is 6.12. The van der Waals surface area contributed by atoms with Crippen LogP contribution in [-0.2, 0) is 4.79 Å². The number of amides is 1. The van der Waals surface area contributed by atoms with Gasteiger partial charge in [0.15, 0.2) is 12.4 Å². The maximum Gasteiger partial charge on any atom is 0.262 e. The Balaban J connectivity index is 2.03. The highest BCUT2D eigenvalue weighted by molar-refractivity contribution is 9.10. The van der Waals surface area contributed by atoms with E-state index in [1.54, 1.807) is 37.3 Å². The van der Waals surface area contributed by atoms with Gasteiger partial charge in [0.05, 0.1) is 5.56 Å². The fourth-order valence-electron chi connectivity index (χ4n) is 1.94. The molecule has 0 saturated carbocycles. The number of Topliss-reactive ketones (excluding diaryl/α,β-unsaturated/α-hetero) is 1. The van der Waals surface area contributed by atoms with Gasteiger partial charge in [0, 0.05) is 21.6 Å². The Morgan fingerprint density at radius 1 is 1.22 bits per heavy atom. The van der Waals surface area contributed by atoms with Crippen molar-refractivity contribution in [3.8, 4) is 5.75 Å². The number of rotatable bonds is 6. The van der Waals surface area contributed by atoms with Crippen LogP contribution in [0, 0.1) is 0 Å². The van der Waals surface area contributed by atoms with Gasteiger partial charge in [-0.2, -0.15) is 0 Å². The number of benzene rings is 2. The van der Waals surface area contributed by atoms with Crippen molar-refractivity contribution >= 4 is 44.9 Å². The van der Waals surface area contributed by atoms with Crippen molar-refractivity contribution in [2.24, 2.45) is 0 Å². The van der Waals surface area contributed by atoms with E-state index in [-0.39, 0.29) is 18.3 Å². The predicted octanol–water partition coefficient (Wildman–Crippen LogP) is 4.71. The van der Waals surface area contributed by atoms with Gasteiger partial charge >= 0.3 is 0 Å². The molecule has 0 heterocycles. The van der Waals surface area contributed by atoms with E-state index in [0.717, 1.165) is 4.47 Å². The molecule has 4 nitrogen and oxygen atoms in total. The molecule has 2 aromatic carbocycles. The number of nitrogens with one attached hydrogen (secondary N) is 1. The molecule has 2 aromatic rings. The van der Waals surface area contributed by atoms with Gasteiger partial charge < -0.3 is 10.1 Å². The summed E-state index contributed by atoms with van der Waals surface area (Å²) >= 11 is 9.25. The van der Waals surface area contributed by atoms with Crippen LogP contribution in [0.15, 0.2) is 46.9 Å². The monoisotopic (exact) mass is 395 g/mol. The first-order chi connectivity index (χ1) is 11.0. The minimum absolute atomic E-state index is 0.0881. The van der Waals surface area contributed by atoms with Gasteiger partial charge in [0.25, 0.3) is 5.91 Å². The van der Waals surface area contributed by atoms with Crippen molar-refractivity contribution in [1.82, 2.24) is 0 Å². The summed E-state index contributed by atoms with van der Waals surface area (Å²) in [6.45, 7) is 1.56. The predicted molar refractivity (Wildman–Crippen MR) is 94.3 cm³/mol. The summed E-state index contributed by atoms with van der Waals surface area (Å²) in [6, 6.07) is 12.0. The molecule has 0 aliphatic heterocycles. The fraction of sp³-hybridized carbons (Fsp3) is 0.176. The fourth-order valence-corrected chi connectivity index (χ4v) is 2.51. The number of carbonyl (C=O) groups excluding carboxylic acids is 2. The average Bonchev–Trinajstić information content (AvgIpc) is 2.53. The highest BCUT2D eigenvalue weighted by Gasteiger charge is 2.13. The summed E-state index contributed by atoms with van der Waals surface area (Å²) in [5.74, 6) is -0.0477. The molecule has 0 aliphatic carbocycles. The smallest absolute Gasteiger partial charge is 0.262 e. The second-order valence-electron chi connectivity index (χ2n) is 4.76. The van der Waals surface area contributed by atoms with Gasteiger partial charge in [0.1, 0.15) is 5.75 Å². The lowest BCUT2D eigenvalue weighted by Gasteiger charge is -2.11. The highest BCUT2D eigenvalue weighted by atomic mass is 79.9. The lowest BCUT2D eigenvalue weighted by molar-refractivity contribution is -0.118. The molecule has 0 aromatic heterocycles. The van der Waals surface area contributed by atoms with Crippen molar-refractivity contribution in [1.29, 1.82) is 0 Å². The first-order valence-electron chi connectivity index (χ1n) is 7.00. The van der Waals surface area contributed by atoms with Crippen molar-refractivity contribution < 1.29 is 14.3 Å². The third-order valence-corrected chi connectivity index (χ3v) is 3.76. The van der Waals surface area contributed by atoms with Crippen molar-refractivity contribution in [3.05, 3.63) is 57.5 Å². The zero-order chi connectivity index (χ0) is 16.8. The quantitative estimate of drug-likeness (QED) is 0.719. The van der Waals surface area contributed by atoms with Crippen molar-refractivity contribution in [3.63, 3.8) is 0 Å². The van der Waals surface area contributed by atoms with E-state index in [9.17, 15) is 9.59 Å². The number of halogens is 2. The van der Waals surface area contributed by atoms with Gasteiger partial charge in [0.2, 0.25) is 0 Å². The molecule has 0 unspecified atom stereocenters. The normalized spacial score (nSPS) is 10.2. The summed E-state index contributed by atoms with van der Waals surface area (Å²) in [7, 11) is 0. The molecule has 6 heteroatoms. The lowest BCUT2D eigenvalue weighted by atomic mass is 10.1. The number of ketones is 1. The van der Waals surface area contributed by atoms with Gasteiger partial charge in [-0.05, 0) is 36.4 Å². The molecule has 0 bridgehead atoms. The Kier molecular flexibility index (Phi) is 6.19. The van der Waals surface area contributed by atoms with Crippen LogP contribution >= 0.6 is 27.5 Å². The molecule has 0 saturated heterocycles. The Hall–Kier alpha value is -1.85. The van der Waals surface area contributed by atoms with E-state index < -0.39 is 0 Å². The van der Waals surface area contributed by atoms with Crippen molar-refractivity contribution in [2.75, 3.05) is 11.9 Å². The van der Waals surface area contributed by atoms with Crippen LogP contribution in [0.5, 0.6) is 5.75 Å². The van der Waals surface area contributed by atoms with Gasteiger partial charge in [-0.3, -0.25) is 9.59 Å². The van der Waals surface area contributed by atoms with E-state index in [4.69, 9.17) is 16.3 Å². The molecule has 0 spiro atoms. The Bertz CT molecular complexity index is 734. The number of hydrogen-bond donors (Lipinski definition) is 1. The molecule has 0 radical (unpaired) electrons. The summed E-state index contributed by atoms with van der Waals surface area (Å²) in [5, 5.41) is 3.17. The number of carbonyl (C=O) groups is 2. The third kappa shape index (κ3) is 5.08. The number of ether oxygens (including phenoxy) is 1. The van der Waals surface area contributed by atoms with Crippen LogP contribution in [0.4, 0.5) is 5.69 Å². The van der Waals surface area contributed by atoms with Gasteiger partial charge in [-0.25, -0.2) is 0 Å². The van der Waals surface area contributed by atoms with Crippen LogP contribution < -0.4 is 10.1 Å². The maximum atomic E-state index is 12.0. The van der Waals surface area contributed by atoms with E-state index in [0.29, 0.717) is 28.4 Å². The zero-order valence-electron chi connectivity index (χ0n) is 12.4. The van der Waals surface area contributed by atoms with E-state index >= 15 is 0 Å². The van der Waals surface area contributed by atoms with Crippen LogP contribution in [-0.4, -0.2) is 18.3 Å². The Labute approximate surface area is 147 Å². The standard InChI is InChI=1S/C17H15BrClNO3/c1-2-15(21)14-9-12(19)6-7-16(14)23-10-17(22)20-13-5-3-4-11(18)8-13/h3-9H,2,10H2,1H3,(H,20,22). The molecule has 120 valence electrons. The van der Waals surface area contributed by atoms with Gasteiger partial charge in [-0.15, -0.1) is 0 Å². The first kappa shape index (κ1) is 17.5. The SMILES string of the molecule is CCC(=O)c1cc(Cl)ccc1OCC(=O)Nc1cccc(Br)c1. The van der Waals surface area contributed by atoms with Crippen molar-refractivity contribution in [2.45, 2.75) is 13.3 Å². The maximum absolute atomic E-state index is 12.0. The highest BCUT2D eigenvalue weighted by Crippen LogP contribution is 2.24. The number of hydrogen-bond acceptors (Lipinski definition) is 3. The summed E-state index contributed by atoms with van der Waals surface area (Å²) in [5.41, 5.74) is 1.05. The van der Waals surface area contributed by atoms with E-state index in [1.165, 1.54) is 0 Å². The molecule has 2 rings (SSSR count).